The fourth-order valence-corrected chi connectivity index (χ4v) is 1.56. The van der Waals surface area contributed by atoms with Crippen LogP contribution in [0.25, 0.3) is 0 Å². The zero-order valence-electron chi connectivity index (χ0n) is 8.87. The Balaban J connectivity index is 1.57. The fraction of sp³-hybridized carbons (Fsp3) is 0.500. The summed E-state index contributed by atoms with van der Waals surface area (Å²) in [6, 6.07) is 9.98. The van der Waals surface area contributed by atoms with Crippen molar-refractivity contribution in [3.05, 3.63) is 35.9 Å². The normalized spacial score (nSPS) is 28.8. The molecule has 0 amide bonds. The Morgan fingerprint density at radius 2 is 1.94 bits per heavy atom. The molecule has 0 N–H and O–H groups in total. The molecule has 0 aliphatic carbocycles. The molecule has 86 valence electrons. The minimum Gasteiger partial charge on any atom is -0.370 e. The van der Waals surface area contributed by atoms with Gasteiger partial charge in [0.15, 0.2) is 0 Å². The molecule has 0 saturated carbocycles. The largest absolute Gasteiger partial charge is 0.370 e. The van der Waals surface area contributed by atoms with E-state index in [1.165, 1.54) is 0 Å². The Bertz CT molecular complexity index is 332. The molecule has 1 aromatic carbocycles. The van der Waals surface area contributed by atoms with Crippen LogP contribution < -0.4 is 0 Å². The topological polar surface area (TPSA) is 43.5 Å². The van der Waals surface area contributed by atoms with E-state index in [-0.39, 0.29) is 18.3 Å². The highest BCUT2D eigenvalue weighted by molar-refractivity contribution is 5.19. The lowest BCUT2D eigenvalue weighted by Crippen LogP contribution is -2.13. The van der Waals surface area contributed by atoms with Gasteiger partial charge >= 0.3 is 0 Å². The van der Waals surface area contributed by atoms with Gasteiger partial charge in [-0.2, -0.15) is 0 Å². The summed E-state index contributed by atoms with van der Waals surface area (Å²) in [4.78, 5) is 10.6. The molecule has 4 heteroatoms. The van der Waals surface area contributed by atoms with E-state index in [9.17, 15) is 0 Å². The number of benzene rings is 1. The van der Waals surface area contributed by atoms with Crippen LogP contribution >= 0.6 is 0 Å². The Hall–Kier alpha value is -0.940. The summed E-state index contributed by atoms with van der Waals surface area (Å²) in [6.07, 6.45) is 0.221. The monoisotopic (exact) mass is 222 g/mol. The predicted octanol–water partition coefficient (Wildman–Crippen LogP) is 1.47. The van der Waals surface area contributed by atoms with Crippen LogP contribution in [0, 0.1) is 0 Å². The second-order valence-electron chi connectivity index (χ2n) is 4.04. The van der Waals surface area contributed by atoms with E-state index in [0.717, 1.165) is 18.8 Å². The zero-order valence-corrected chi connectivity index (χ0v) is 8.87. The first kappa shape index (κ1) is 10.2. The third kappa shape index (κ3) is 2.59. The van der Waals surface area contributed by atoms with E-state index in [1.54, 1.807) is 0 Å². The van der Waals surface area contributed by atoms with Crippen LogP contribution in [-0.2, 0) is 19.2 Å². The molecule has 0 aromatic heterocycles. The van der Waals surface area contributed by atoms with E-state index in [2.05, 4.69) is 0 Å². The second-order valence-corrected chi connectivity index (χ2v) is 4.04. The van der Waals surface area contributed by atoms with Crippen molar-refractivity contribution in [2.24, 2.45) is 0 Å². The molecule has 3 unspecified atom stereocenters. The lowest BCUT2D eigenvalue weighted by atomic mass is 10.1. The van der Waals surface area contributed by atoms with Gasteiger partial charge in [-0.1, -0.05) is 30.3 Å². The molecule has 16 heavy (non-hydrogen) atoms. The van der Waals surface area contributed by atoms with Gasteiger partial charge in [0.25, 0.3) is 0 Å². The fourth-order valence-electron chi connectivity index (χ4n) is 1.56. The van der Waals surface area contributed by atoms with Crippen molar-refractivity contribution in [1.29, 1.82) is 0 Å². The summed E-state index contributed by atoms with van der Waals surface area (Å²) >= 11 is 0. The predicted molar refractivity (Wildman–Crippen MR) is 55.7 cm³/mol. The van der Waals surface area contributed by atoms with Gasteiger partial charge in [0.2, 0.25) is 0 Å². The molecule has 3 rings (SSSR count). The standard InChI is InChI=1S/C12H14O4/c1-2-4-9(5-3-1)12(11-8-14-11)16-15-7-10-6-13-10/h1-5,10-12H,6-8H2. The lowest BCUT2D eigenvalue weighted by molar-refractivity contribution is -0.331. The van der Waals surface area contributed by atoms with Crippen molar-refractivity contribution in [3.8, 4) is 0 Å². The molecule has 2 saturated heterocycles. The highest BCUT2D eigenvalue weighted by Gasteiger charge is 2.36. The second kappa shape index (κ2) is 4.51. The van der Waals surface area contributed by atoms with Crippen LogP contribution in [0.3, 0.4) is 0 Å². The molecule has 1 aromatic rings. The molecule has 2 aliphatic rings. The first-order chi connectivity index (χ1) is 7.93. The maximum Gasteiger partial charge on any atom is 0.146 e. The van der Waals surface area contributed by atoms with Crippen LogP contribution in [0.15, 0.2) is 30.3 Å². The van der Waals surface area contributed by atoms with Gasteiger partial charge in [0.05, 0.1) is 13.2 Å². The molecule has 4 nitrogen and oxygen atoms in total. The van der Waals surface area contributed by atoms with Crippen LogP contribution in [0.2, 0.25) is 0 Å². The Labute approximate surface area is 94.0 Å². The first-order valence-corrected chi connectivity index (χ1v) is 5.50. The van der Waals surface area contributed by atoms with Gasteiger partial charge in [0, 0.05) is 0 Å². The minimum atomic E-state index is -0.125. The molecule has 3 atom stereocenters. The number of hydrogen-bond acceptors (Lipinski definition) is 4. The van der Waals surface area contributed by atoms with Crippen molar-refractivity contribution in [2.75, 3.05) is 19.8 Å². The van der Waals surface area contributed by atoms with Crippen LogP contribution in [0.4, 0.5) is 0 Å². The minimum absolute atomic E-state index is 0.125. The van der Waals surface area contributed by atoms with E-state index in [1.807, 2.05) is 30.3 Å². The summed E-state index contributed by atoms with van der Waals surface area (Å²) in [6.45, 7) is 2.01. The molecular formula is C12H14O4. The van der Waals surface area contributed by atoms with Gasteiger partial charge in [-0.3, -0.25) is 0 Å². The lowest BCUT2D eigenvalue weighted by Gasteiger charge is -2.14. The number of rotatable bonds is 6. The zero-order chi connectivity index (χ0) is 10.8. The van der Waals surface area contributed by atoms with Crippen LogP contribution in [-0.4, -0.2) is 32.0 Å². The van der Waals surface area contributed by atoms with Crippen molar-refractivity contribution < 1.29 is 19.2 Å². The molecule has 0 spiro atoms. The van der Waals surface area contributed by atoms with Gasteiger partial charge in [-0.05, 0) is 5.56 Å². The number of hydrogen-bond donors (Lipinski definition) is 0. The Morgan fingerprint density at radius 1 is 1.19 bits per heavy atom. The molecular weight excluding hydrogens is 208 g/mol. The van der Waals surface area contributed by atoms with Gasteiger partial charge < -0.3 is 9.47 Å². The first-order valence-electron chi connectivity index (χ1n) is 5.50. The maximum absolute atomic E-state index is 5.40. The third-order valence-electron chi connectivity index (χ3n) is 2.65. The van der Waals surface area contributed by atoms with Crippen molar-refractivity contribution in [1.82, 2.24) is 0 Å². The smallest absolute Gasteiger partial charge is 0.146 e. The third-order valence-corrected chi connectivity index (χ3v) is 2.65. The molecule has 2 fully saturated rings. The summed E-state index contributed by atoms with van der Waals surface area (Å²) in [5, 5.41) is 0. The Morgan fingerprint density at radius 3 is 2.56 bits per heavy atom. The molecule has 0 bridgehead atoms. The van der Waals surface area contributed by atoms with E-state index >= 15 is 0 Å². The molecule has 2 heterocycles. The van der Waals surface area contributed by atoms with Crippen LogP contribution in [0.1, 0.15) is 11.7 Å². The van der Waals surface area contributed by atoms with E-state index < -0.39 is 0 Å². The van der Waals surface area contributed by atoms with E-state index in [4.69, 9.17) is 19.2 Å². The number of ether oxygens (including phenoxy) is 2. The quantitative estimate of drug-likeness (QED) is 0.415. The highest BCUT2D eigenvalue weighted by atomic mass is 17.2. The van der Waals surface area contributed by atoms with Crippen molar-refractivity contribution in [2.45, 2.75) is 18.3 Å². The average molecular weight is 222 g/mol. The summed E-state index contributed by atoms with van der Waals surface area (Å²) < 4.78 is 10.3. The van der Waals surface area contributed by atoms with Crippen molar-refractivity contribution in [3.63, 3.8) is 0 Å². The molecule has 2 aliphatic heterocycles. The SMILES string of the molecule is c1ccc(C(OOCC2CO2)C2CO2)cc1. The van der Waals surface area contributed by atoms with Gasteiger partial charge in [-0.25, -0.2) is 9.78 Å². The van der Waals surface area contributed by atoms with E-state index in [0.29, 0.717) is 6.61 Å². The average Bonchev–Trinajstić information content (AvgIpc) is 3.17. The molecule has 0 radical (unpaired) electrons. The highest BCUT2D eigenvalue weighted by Crippen LogP contribution is 2.31. The summed E-state index contributed by atoms with van der Waals surface area (Å²) in [5.41, 5.74) is 1.08. The van der Waals surface area contributed by atoms with Crippen LogP contribution in [0.5, 0.6) is 0 Å². The van der Waals surface area contributed by atoms with Gasteiger partial charge in [-0.15, -0.1) is 0 Å². The van der Waals surface area contributed by atoms with Gasteiger partial charge in [0.1, 0.15) is 24.9 Å². The number of epoxide rings is 2. The Kier molecular flexibility index (Phi) is 2.88. The maximum atomic E-state index is 5.40. The van der Waals surface area contributed by atoms with Crippen molar-refractivity contribution >= 4 is 0 Å². The summed E-state index contributed by atoms with van der Waals surface area (Å²) in [5.74, 6) is 0. The summed E-state index contributed by atoms with van der Waals surface area (Å²) in [7, 11) is 0.